The minimum absolute atomic E-state index is 0.711. The molecule has 0 saturated carbocycles. The number of anilines is 1. The summed E-state index contributed by atoms with van der Waals surface area (Å²) in [6.07, 6.45) is 3.66. The highest BCUT2D eigenvalue weighted by Crippen LogP contribution is 2.24. The van der Waals surface area contributed by atoms with Gasteiger partial charge in [0.1, 0.15) is 16.7 Å². The van der Waals surface area contributed by atoms with Gasteiger partial charge in [0, 0.05) is 31.4 Å². The maximum atomic E-state index is 4.53. The Balaban J connectivity index is 2.26. The third-order valence-electron chi connectivity index (χ3n) is 2.45. The first-order chi connectivity index (χ1) is 9.21. The van der Waals surface area contributed by atoms with Gasteiger partial charge in [0.25, 0.3) is 0 Å². The molecule has 5 nitrogen and oxygen atoms in total. The average Bonchev–Trinajstić information content (AvgIpc) is 2.39. The first-order valence-electron chi connectivity index (χ1n) is 6.24. The molecule has 0 bridgehead atoms. The minimum atomic E-state index is 0.711. The van der Waals surface area contributed by atoms with Crippen molar-refractivity contribution in [1.29, 1.82) is 0 Å². The molecule has 0 aliphatic rings. The molecule has 100 valence electrons. The van der Waals surface area contributed by atoms with E-state index in [1.165, 1.54) is 11.8 Å². The van der Waals surface area contributed by atoms with Gasteiger partial charge >= 0.3 is 0 Å². The normalized spacial score (nSPS) is 10.5. The van der Waals surface area contributed by atoms with Crippen LogP contribution in [-0.2, 0) is 6.42 Å². The second-order valence-electron chi connectivity index (χ2n) is 4.09. The number of hydrogen-bond donors (Lipinski definition) is 1. The Bertz CT molecular complexity index is 558. The van der Waals surface area contributed by atoms with Gasteiger partial charge in [-0.05, 0) is 31.2 Å². The first kappa shape index (κ1) is 13.7. The second kappa shape index (κ2) is 6.47. The quantitative estimate of drug-likeness (QED) is 0.668. The number of nitrogens with zero attached hydrogens (tertiary/aromatic N) is 4. The van der Waals surface area contributed by atoms with Crippen LogP contribution in [0.15, 0.2) is 28.5 Å². The molecule has 6 heteroatoms. The molecule has 2 rings (SSSR count). The van der Waals surface area contributed by atoms with E-state index in [0.717, 1.165) is 35.2 Å². The van der Waals surface area contributed by atoms with Crippen LogP contribution in [0, 0.1) is 6.92 Å². The van der Waals surface area contributed by atoms with Crippen LogP contribution < -0.4 is 5.32 Å². The molecule has 19 heavy (non-hydrogen) atoms. The lowest BCUT2D eigenvalue weighted by Crippen LogP contribution is -2.01. The van der Waals surface area contributed by atoms with Crippen molar-refractivity contribution in [3.05, 3.63) is 29.8 Å². The van der Waals surface area contributed by atoms with Crippen LogP contribution in [0.4, 0.5) is 5.82 Å². The van der Waals surface area contributed by atoms with Crippen LogP contribution in [0.25, 0.3) is 0 Å². The fraction of sp³-hybridized carbons (Fsp3) is 0.385. The molecule has 0 unspecified atom stereocenters. The maximum Gasteiger partial charge on any atom is 0.194 e. The third-order valence-corrected chi connectivity index (χ3v) is 3.24. The van der Waals surface area contributed by atoms with Crippen LogP contribution in [0.3, 0.4) is 0 Å². The summed E-state index contributed by atoms with van der Waals surface area (Å²) in [6, 6.07) is 3.79. The van der Waals surface area contributed by atoms with E-state index in [2.05, 4.69) is 32.2 Å². The van der Waals surface area contributed by atoms with Gasteiger partial charge in [-0.1, -0.05) is 6.92 Å². The first-order valence-corrected chi connectivity index (χ1v) is 7.06. The van der Waals surface area contributed by atoms with Crippen molar-refractivity contribution in [2.24, 2.45) is 0 Å². The van der Waals surface area contributed by atoms with E-state index in [0.29, 0.717) is 5.16 Å². The molecule has 0 spiro atoms. The van der Waals surface area contributed by atoms with Gasteiger partial charge in [0.05, 0.1) is 0 Å². The lowest BCUT2D eigenvalue weighted by Gasteiger charge is -2.06. The number of nitrogens with one attached hydrogen (secondary N) is 1. The highest BCUT2D eigenvalue weighted by Gasteiger charge is 2.07. The third kappa shape index (κ3) is 3.89. The standard InChI is InChI=1S/C13H17N5S/c1-4-5-10-17-11(14-3)8-12(18-10)19-13-15-7-6-9(2)16-13/h6-8H,4-5H2,1-3H3,(H,14,17,18). The maximum absolute atomic E-state index is 4.53. The topological polar surface area (TPSA) is 63.6 Å². The number of hydrogen-bond acceptors (Lipinski definition) is 6. The molecule has 0 aromatic carbocycles. The summed E-state index contributed by atoms with van der Waals surface area (Å²) in [5.74, 6) is 1.68. The Hall–Kier alpha value is -1.69. The second-order valence-corrected chi connectivity index (χ2v) is 5.08. The number of aryl methyl sites for hydroxylation is 2. The number of rotatable bonds is 5. The Labute approximate surface area is 117 Å². The molecule has 0 amide bonds. The van der Waals surface area contributed by atoms with Crippen molar-refractivity contribution in [2.45, 2.75) is 36.9 Å². The molecule has 0 fully saturated rings. The summed E-state index contributed by atoms with van der Waals surface area (Å²) < 4.78 is 0. The van der Waals surface area contributed by atoms with Crippen molar-refractivity contribution in [1.82, 2.24) is 19.9 Å². The molecular weight excluding hydrogens is 258 g/mol. The highest BCUT2D eigenvalue weighted by molar-refractivity contribution is 7.99. The Morgan fingerprint density at radius 2 is 2.11 bits per heavy atom. The van der Waals surface area contributed by atoms with Gasteiger partial charge in [-0.3, -0.25) is 0 Å². The molecule has 2 aromatic rings. The lowest BCUT2D eigenvalue weighted by molar-refractivity contribution is 0.810. The zero-order valence-electron chi connectivity index (χ0n) is 11.3. The van der Waals surface area contributed by atoms with E-state index in [4.69, 9.17) is 0 Å². The van der Waals surface area contributed by atoms with E-state index in [9.17, 15) is 0 Å². The van der Waals surface area contributed by atoms with Crippen LogP contribution >= 0.6 is 11.8 Å². The molecule has 0 aliphatic heterocycles. The minimum Gasteiger partial charge on any atom is -0.373 e. The van der Waals surface area contributed by atoms with E-state index in [-0.39, 0.29) is 0 Å². The molecule has 0 saturated heterocycles. The predicted octanol–water partition coefficient (Wildman–Crippen LogP) is 2.72. The molecule has 2 heterocycles. The lowest BCUT2D eigenvalue weighted by atomic mass is 10.3. The average molecular weight is 275 g/mol. The molecular formula is C13H17N5S. The molecule has 2 aromatic heterocycles. The van der Waals surface area contributed by atoms with Gasteiger partial charge in [-0.15, -0.1) is 0 Å². The Morgan fingerprint density at radius 1 is 1.26 bits per heavy atom. The van der Waals surface area contributed by atoms with Gasteiger partial charge in [0.15, 0.2) is 5.16 Å². The molecule has 0 radical (unpaired) electrons. The van der Waals surface area contributed by atoms with Crippen LogP contribution in [0.5, 0.6) is 0 Å². The van der Waals surface area contributed by atoms with Crippen molar-refractivity contribution in [3.8, 4) is 0 Å². The van der Waals surface area contributed by atoms with Crippen molar-refractivity contribution < 1.29 is 0 Å². The zero-order valence-corrected chi connectivity index (χ0v) is 12.2. The van der Waals surface area contributed by atoms with E-state index in [1.807, 2.05) is 26.1 Å². The molecule has 1 N–H and O–H groups in total. The largest absolute Gasteiger partial charge is 0.373 e. The summed E-state index contributed by atoms with van der Waals surface area (Å²) in [5.41, 5.74) is 0.953. The summed E-state index contributed by atoms with van der Waals surface area (Å²) >= 11 is 1.46. The van der Waals surface area contributed by atoms with Gasteiger partial charge < -0.3 is 5.32 Å². The summed E-state index contributed by atoms with van der Waals surface area (Å²) in [6.45, 7) is 4.07. The Morgan fingerprint density at radius 3 is 2.79 bits per heavy atom. The van der Waals surface area contributed by atoms with E-state index >= 15 is 0 Å². The van der Waals surface area contributed by atoms with Gasteiger partial charge in [-0.25, -0.2) is 19.9 Å². The highest BCUT2D eigenvalue weighted by atomic mass is 32.2. The SMILES string of the molecule is CCCc1nc(NC)cc(Sc2nccc(C)n2)n1. The fourth-order valence-electron chi connectivity index (χ4n) is 1.56. The predicted molar refractivity (Wildman–Crippen MR) is 76.5 cm³/mol. The summed E-state index contributed by atoms with van der Waals surface area (Å²) in [5, 5.41) is 4.64. The van der Waals surface area contributed by atoms with Crippen LogP contribution in [0.1, 0.15) is 24.9 Å². The molecule has 0 aliphatic carbocycles. The van der Waals surface area contributed by atoms with Crippen molar-refractivity contribution in [2.75, 3.05) is 12.4 Å². The summed E-state index contributed by atoms with van der Waals surface area (Å²) in [7, 11) is 1.86. The van der Waals surface area contributed by atoms with Crippen LogP contribution in [0.2, 0.25) is 0 Å². The van der Waals surface area contributed by atoms with Crippen molar-refractivity contribution >= 4 is 17.6 Å². The smallest absolute Gasteiger partial charge is 0.194 e. The Kier molecular flexibility index (Phi) is 4.68. The summed E-state index contributed by atoms with van der Waals surface area (Å²) in [4.78, 5) is 17.6. The fourth-order valence-corrected chi connectivity index (χ4v) is 2.37. The van der Waals surface area contributed by atoms with Crippen molar-refractivity contribution in [3.63, 3.8) is 0 Å². The van der Waals surface area contributed by atoms with Gasteiger partial charge in [-0.2, -0.15) is 0 Å². The van der Waals surface area contributed by atoms with E-state index in [1.54, 1.807) is 6.20 Å². The zero-order chi connectivity index (χ0) is 13.7. The van der Waals surface area contributed by atoms with E-state index < -0.39 is 0 Å². The number of aromatic nitrogens is 4. The molecule has 0 atom stereocenters. The van der Waals surface area contributed by atoms with Gasteiger partial charge in [0.2, 0.25) is 0 Å². The monoisotopic (exact) mass is 275 g/mol. The van der Waals surface area contributed by atoms with Crippen LogP contribution in [-0.4, -0.2) is 27.0 Å².